The number of para-hydroxylation sites is 2. The number of unbranched alkanes of at least 4 members (excludes halogenated alkanes) is 5. The average molecular weight is 271 g/mol. The van der Waals surface area contributed by atoms with Gasteiger partial charge in [0, 0.05) is 6.04 Å². The molecule has 1 unspecified atom stereocenters. The molecule has 1 aromatic carbocycles. The standard InChI is InChI=1S/C17H25N3/c1-2-3-4-5-6-7-10-14(18)17-13-19-15-11-8-9-12-16(15)20-17/h8-9,11-14H,2-7,10,18H2,1H3. The zero-order chi connectivity index (χ0) is 14.2. The Labute approximate surface area is 121 Å². The molecule has 20 heavy (non-hydrogen) atoms. The number of nitrogens with zero attached hydrogens (tertiary/aromatic N) is 2. The van der Waals surface area contributed by atoms with Crippen LogP contribution in [0, 0.1) is 0 Å². The minimum atomic E-state index is 0.0123. The molecule has 0 bridgehead atoms. The van der Waals surface area contributed by atoms with Crippen LogP contribution in [0.25, 0.3) is 11.0 Å². The van der Waals surface area contributed by atoms with E-state index in [1.807, 2.05) is 30.5 Å². The molecule has 0 aliphatic carbocycles. The largest absolute Gasteiger partial charge is 0.323 e. The van der Waals surface area contributed by atoms with Crippen LogP contribution in [0.1, 0.15) is 63.6 Å². The van der Waals surface area contributed by atoms with Crippen LogP contribution in [0.15, 0.2) is 30.5 Å². The van der Waals surface area contributed by atoms with E-state index in [2.05, 4.69) is 16.9 Å². The summed E-state index contributed by atoms with van der Waals surface area (Å²) in [6.45, 7) is 2.24. The maximum atomic E-state index is 6.22. The molecule has 3 heteroatoms. The Balaban J connectivity index is 1.83. The molecular formula is C17H25N3. The van der Waals surface area contributed by atoms with Gasteiger partial charge in [-0.2, -0.15) is 0 Å². The van der Waals surface area contributed by atoms with E-state index in [1.54, 1.807) is 0 Å². The third-order valence-corrected chi connectivity index (χ3v) is 3.72. The highest BCUT2D eigenvalue weighted by Gasteiger charge is 2.08. The molecule has 2 rings (SSSR count). The average Bonchev–Trinajstić information content (AvgIpc) is 2.50. The molecule has 2 aromatic rings. The lowest BCUT2D eigenvalue weighted by Gasteiger charge is -2.11. The Morgan fingerprint density at radius 2 is 1.70 bits per heavy atom. The molecule has 0 radical (unpaired) electrons. The first-order chi connectivity index (χ1) is 9.81. The van der Waals surface area contributed by atoms with Crippen molar-refractivity contribution in [2.24, 2.45) is 5.73 Å². The van der Waals surface area contributed by atoms with E-state index in [0.717, 1.165) is 23.1 Å². The van der Waals surface area contributed by atoms with E-state index in [-0.39, 0.29) is 6.04 Å². The van der Waals surface area contributed by atoms with Crippen molar-refractivity contribution in [1.82, 2.24) is 9.97 Å². The van der Waals surface area contributed by atoms with Crippen molar-refractivity contribution in [2.45, 2.75) is 57.9 Å². The van der Waals surface area contributed by atoms with Crippen LogP contribution in [0.5, 0.6) is 0 Å². The molecule has 3 nitrogen and oxygen atoms in total. The lowest BCUT2D eigenvalue weighted by Crippen LogP contribution is -2.12. The Bertz CT molecular complexity index is 524. The van der Waals surface area contributed by atoms with Crippen LogP contribution >= 0.6 is 0 Å². The summed E-state index contributed by atoms with van der Waals surface area (Å²) in [4.78, 5) is 9.04. The van der Waals surface area contributed by atoms with Gasteiger partial charge in [0.2, 0.25) is 0 Å². The van der Waals surface area contributed by atoms with Crippen LogP contribution in [0.2, 0.25) is 0 Å². The number of benzene rings is 1. The normalized spacial score (nSPS) is 12.7. The number of hydrogen-bond acceptors (Lipinski definition) is 3. The quantitative estimate of drug-likeness (QED) is 0.725. The first-order valence-corrected chi connectivity index (χ1v) is 7.78. The lowest BCUT2D eigenvalue weighted by atomic mass is 10.0. The highest BCUT2D eigenvalue weighted by Crippen LogP contribution is 2.18. The second-order valence-corrected chi connectivity index (χ2v) is 5.45. The van der Waals surface area contributed by atoms with Gasteiger partial charge in [0.1, 0.15) is 0 Å². The fourth-order valence-corrected chi connectivity index (χ4v) is 2.44. The summed E-state index contributed by atoms with van der Waals surface area (Å²) in [5, 5.41) is 0. The van der Waals surface area contributed by atoms with Crippen LogP contribution in [-0.4, -0.2) is 9.97 Å². The van der Waals surface area contributed by atoms with Gasteiger partial charge in [-0.3, -0.25) is 4.98 Å². The summed E-state index contributed by atoms with van der Waals surface area (Å²) < 4.78 is 0. The predicted octanol–water partition coefficient (Wildman–Crippen LogP) is 4.38. The van der Waals surface area contributed by atoms with Crippen molar-refractivity contribution >= 4 is 11.0 Å². The molecule has 0 saturated heterocycles. The second-order valence-electron chi connectivity index (χ2n) is 5.45. The molecule has 1 atom stereocenters. The molecule has 1 heterocycles. The summed E-state index contributed by atoms with van der Waals surface area (Å²) in [7, 11) is 0. The molecule has 108 valence electrons. The molecule has 0 saturated carbocycles. The molecule has 0 fully saturated rings. The summed E-state index contributed by atoms with van der Waals surface area (Å²) in [5.74, 6) is 0. The number of hydrogen-bond donors (Lipinski definition) is 1. The highest BCUT2D eigenvalue weighted by atomic mass is 14.8. The van der Waals surface area contributed by atoms with Crippen molar-refractivity contribution in [3.63, 3.8) is 0 Å². The van der Waals surface area contributed by atoms with Crippen LogP contribution < -0.4 is 5.73 Å². The lowest BCUT2D eigenvalue weighted by molar-refractivity contribution is 0.541. The van der Waals surface area contributed by atoms with Crippen molar-refractivity contribution in [2.75, 3.05) is 0 Å². The molecule has 0 spiro atoms. The van der Waals surface area contributed by atoms with E-state index >= 15 is 0 Å². The zero-order valence-electron chi connectivity index (χ0n) is 12.4. The van der Waals surface area contributed by atoms with Crippen molar-refractivity contribution < 1.29 is 0 Å². The van der Waals surface area contributed by atoms with Gasteiger partial charge in [0.25, 0.3) is 0 Å². The smallest absolute Gasteiger partial charge is 0.0890 e. The van der Waals surface area contributed by atoms with Crippen molar-refractivity contribution in [1.29, 1.82) is 0 Å². The summed E-state index contributed by atoms with van der Waals surface area (Å²) >= 11 is 0. The summed E-state index contributed by atoms with van der Waals surface area (Å²) in [6, 6.07) is 7.94. The molecule has 1 aromatic heterocycles. The third-order valence-electron chi connectivity index (χ3n) is 3.72. The van der Waals surface area contributed by atoms with Crippen LogP contribution in [-0.2, 0) is 0 Å². The Morgan fingerprint density at radius 1 is 1.00 bits per heavy atom. The van der Waals surface area contributed by atoms with Gasteiger partial charge in [0.15, 0.2) is 0 Å². The molecule has 2 N–H and O–H groups in total. The first-order valence-electron chi connectivity index (χ1n) is 7.78. The van der Waals surface area contributed by atoms with E-state index in [9.17, 15) is 0 Å². The maximum Gasteiger partial charge on any atom is 0.0890 e. The van der Waals surface area contributed by atoms with Gasteiger partial charge in [-0.05, 0) is 18.6 Å². The van der Waals surface area contributed by atoms with Crippen molar-refractivity contribution in [3.8, 4) is 0 Å². The third kappa shape index (κ3) is 4.27. The number of rotatable bonds is 8. The molecule has 0 aliphatic rings. The molecular weight excluding hydrogens is 246 g/mol. The Kier molecular flexibility index (Phi) is 5.93. The van der Waals surface area contributed by atoms with Gasteiger partial charge in [-0.1, -0.05) is 57.6 Å². The van der Waals surface area contributed by atoms with Crippen LogP contribution in [0.3, 0.4) is 0 Å². The van der Waals surface area contributed by atoms with E-state index in [4.69, 9.17) is 5.73 Å². The topological polar surface area (TPSA) is 51.8 Å². The first kappa shape index (κ1) is 14.9. The number of aromatic nitrogens is 2. The Morgan fingerprint density at radius 3 is 2.50 bits per heavy atom. The van der Waals surface area contributed by atoms with Gasteiger partial charge in [0.05, 0.1) is 22.9 Å². The van der Waals surface area contributed by atoms with Crippen LogP contribution in [0.4, 0.5) is 0 Å². The van der Waals surface area contributed by atoms with Gasteiger partial charge < -0.3 is 5.73 Å². The molecule has 0 aliphatic heterocycles. The fraction of sp³-hybridized carbons (Fsp3) is 0.529. The van der Waals surface area contributed by atoms with E-state index < -0.39 is 0 Å². The monoisotopic (exact) mass is 271 g/mol. The SMILES string of the molecule is CCCCCCCCC(N)c1cnc2ccccc2n1. The molecule has 0 amide bonds. The van der Waals surface area contributed by atoms with Gasteiger partial charge in [-0.15, -0.1) is 0 Å². The summed E-state index contributed by atoms with van der Waals surface area (Å²) in [5.41, 5.74) is 9.01. The number of nitrogens with two attached hydrogens (primary N) is 1. The minimum Gasteiger partial charge on any atom is -0.323 e. The minimum absolute atomic E-state index is 0.0123. The number of fused-ring (bicyclic) bond motifs is 1. The van der Waals surface area contributed by atoms with E-state index in [1.165, 1.54) is 38.5 Å². The van der Waals surface area contributed by atoms with E-state index in [0.29, 0.717) is 0 Å². The maximum absolute atomic E-state index is 6.22. The van der Waals surface area contributed by atoms with Gasteiger partial charge in [-0.25, -0.2) is 4.98 Å². The Hall–Kier alpha value is -1.48. The van der Waals surface area contributed by atoms with Crippen molar-refractivity contribution in [3.05, 3.63) is 36.2 Å². The van der Waals surface area contributed by atoms with Gasteiger partial charge >= 0.3 is 0 Å². The zero-order valence-corrected chi connectivity index (χ0v) is 12.4. The summed E-state index contributed by atoms with van der Waals surface area (Å²) in [6.07, 6.45) is 10.6. The predicted molar refractivity (Wildman–Crippen MR) is 84.5 cm³/mol. The highest BCUT2D eigenvalue weighted by molar-refractivity contribution is 5.73. The fourth-order valence-electron chi connectivity index (χ4n) is 2.44. The second kappa shape index (κ2) is 7.95.